The number of aromatic nitrogens is 5. The maximum Gasteiger partial charge on any atom is 0.253 e. The van der Waals surface area contributed by atoms with Gasteiger partial charge >= 0.3 is 0 Å². The fourth-order valence-corrected chi connectivity index (χ4v) is 5.27. The monoisotopic (exact) mass is 508 g/mol. The van der Waals surface area contributed by atoms with Crippen molar-refractivity contribution in [3.8, 4) is 11.5 Å². The smallest absolute Gasteiger partial charge is 0.253 e. The maximum absolute atomic E-state index is 13.6. The molecule has 5 aromatic rings. The Morgan fingerprint density at radius 2 is 1.68 bits per heavy atom. The molecule has 1 N–H and O–H groups in total. The van der Waals surface area contributed by atoms with Crippen molar-refractivity contribution in [1.82, 2.24) is 30.1 Å². The van der Waals surface area contributed by atoms with Gasteiger partial charge in [-0.15, -0.1) is 5.10 Å². The second kappa shape index (κ2) is 10.1. The molecule has 0 bridgehead atoms. The lowest BCUT2D eigenvalue weighted by Crippen LogP contribution is -2.38. The molecule has 0 radical (unpaired) electrons. The number of nitrogens with zero attached hydrogens (tertiary/aromatic N) is 5. The third-order valence-corrected chi connectivity index (χ3v) is 7.18. The summed E-state index contributed by atoms with van der Waals surface area (Å²) < 4.78 is 12.8. The van der Waals surface area contributed by atoms with Crippen molar-refractivity contribution in [2.75, 3.05) is 20.8 Å². The van der Waals surface area contributed by atoms with Crippen molar-refractivity contribution in [3.63, 3.8) is 0 Å². The molecule has 0 saturated carbocycles. The molecule has 0 amide bonds. The number of hydrogen-bond acceptors (Lipinski definition) is 7. The molecule has 1 aliphatic heterocycles. The van der Waals surface area contributed by atoms with Gasteiger partial charge in [-0.1, -0.05) is 54.6 Å². The quantitative estimate of drug-likeness (QED) is 0.358. The van der Waals surface area contributed by atoms with E-state index in [1.165, 1.54) is 11.1 Å². The first kappa shape index (κ1) is 23.9. The minimum Gasteiger partial charge on any atom is -0.493 e. The van der Waals surface area contributed by atoms with Crippen molar-refractivity contribution in [2.24, 2.45) is 0 Å². The number of aromatic amines is 1. The summed E-state index contributed by atoms with van der Waals surface area (Å²) in [7, 11) is 3.18. The number of benzene rings is 3. The lowest BCUT2D eigenvalue weighted by Gasteiger charge is -2.34. The van der Waals surface area contributed by atoms with Crippen LogP contribution in [0.3, 0.4) is 0 Å². The van der Waals surface area contributed by atoms with E-state index < -0.39 is 6.04 Å². The topological polar surface area (TPSA) is 98.2 Å². The van der Waals surface area contributed by atoms with Gasteiger partial charge in [0, 0.05) is 30.1 Å². The fourth-order valence-electron chi connectivity index (χ4n) is 5.27. The molecule has 3 aromatic carbocycles. The first-order valence-electron chi connectivity index (χ1n) is 12.5. The van der Waals surface area contributed by atoms with Gasteiger partial charge in [0.05, 0.1) is 26.3 Å². The molecule has 0 spiro atoms. The highest BCUT2D eigenvalue weighted by atomic mass is 16.5. The molecule has 9 nitrogen and oxygen atoms in total. The summed E-state index contributed by atoms with van der Waals surface area (Å²) in [5.41, 5.74) is 4.71. The summed E-state index contributed by atoms with van der Waals surface area (Å²) in [5, 5.41) is 13.7. The van der Waals surface area contributed by atoms with Gasteiger partial charge in [0.25, 0.3) is 5.56 Å². The summed E-state index contributed by atoms with van der Waals surface area (Å²) >= 11 is 0. The summed E-state index contributed by atoms with van der Waals surface area (Å²) in [6, 6.07) is 23.6. The van der Waals surface area contributed by atoms with Crippen LogP contribution < -0.4 is 15.0 Å². The SMILES string of the molecule is COc1cc2cc([C@H](c3nnnn3Cc3ccccc3)N3CCc4ccccc4C3)c(=O)[nH]c2cc1OC. The molecule has 3 heterocycles. The van der Waals surface area contributed by atoms with Crippen molar-refractivity contribution in [2.45, 2.75) is 25.6 Å². The van der Waals surface area contributed by atoms with Gasteiger partial charge in [-0.3, -0.25) is 9.69 Å². The highest BCUT2D eigenvalue weighted by Gasteiger charge is 2.32. The Hall–Kier alpha value is -4.50. The zero-order chi connectivity index (χ0) is 26.1. The van der Waals surface area contributed by atoms with Crippen LogP contribution in [-0.4, -0.2) is 50.9 Å². The van der Waals surface area contributed by atoms with Crippen LogP contribution in [0, 0.1) is 0 Å². The number of fused-ring (bicyclic) bond motifs is 2. The molecule has 1 atom stereocenters. The van der Waals surface area contributed by atoms with E-state index in [4.69, 9.17) is 9.47 Å². The summed E-state index contributed by atoms with van der Waals surface area (Å²) in [6.45, 7) is 1.95. The number of ether oxygens (including phenoxy) is 2. The molecule has 6 rings (SSSR count). The number of pyridine rings is 1. The number of hydrogen-bond donors (Lipinski definition) is 1. The largest absolute Gasteiger partial charge is 0.493 e. The van der Waals surface area contributed by atoms with Crippen molar-refractivity contribution < 1.29 is 9.47 Å². The van der Waals surface area contributed by atoms with Gasteiger partial charge in [0.15, 0.2) is 17.3 Å². The molecule has 2 aromatic heterocycles. The molecular weight excluding hydrogens is 480 g/mol. The van der Waals surface area contributed by atoms with Crippen LogP contribution in [-0.2, 0) is 19.5 Å². The van der Waals surface area contributed by atoms with Crippen LogP contribution in [0.25, 0.3) is 10.9 Å². The van der Waals surface area contributed by atoms with Gasteiger partial charge in [-0.25, -0.2) is 4.68 Å². The van der Waals surface area contributed by atoms with E-state index in [0.29, 0.717) is 41.5 Å². The number of rotatable bonds is 7. The summed E-state index contributed by atoms with van der Waals surface area (Å²) in [6.07, 6.45) is 0.878. The number of tetrazole rings is 1. The van der Waals surface area contributed by atoms with E-state index in [1.807, 2.05) is 42.5 Å². The van der Waals surface area contributed by atoms with E-state index in [2.05, 4.69) is 49.7 Å². The molecule has 9 heteroatoms. The van der Waals surface area contributed by atoms with Crippen LogP contribution in [0.5, 0.6) is 11.5 Å². The Morgan fingerprint density at radius 3 is 2.47 bits per heavy atom. The predicted molar refractivity (Wildman–Crippen MR) is 143 cm³/mol. The number of methoxy groups -OCH3 is 2. The second-order valence-corrected chi connectivity index (χ2v) is 9.42. The standard InChI is InChI=1S/C29H28N6O3/c1-37-25-15-22-14-23(29(36)30-24(22)16-26(25)38-2)27(34-13-12-20-10-6-7-11-21(20)18-34)28-31-32-33-35(28)17-19-8-4-3-5-9-19/h3-11,14-16,27H,12-13,17-18H2,1-2H3,(H,30,36)/t27-/m1/s1. The Balaban J connectivity index is 1.49. The van der Waals surface area contributed by atoms with E-state index in [0.717, 1.165) is 23.9 Å². The van der Waals surface area contributed by atoms with Crippen LogP contribution in [0.4, 0.5) is 0 Å². The molecular formula is C29H28N6O3. The van der Waals surface area contributed by atoms with E-state index >= 15 is 0 Å². The normalized spacial score (nSPS) is 14.3. The van der Waals surface area contributed by atoms with Crippen molar-refractivity contribution in [3.05, 3.63) is 111 Å². The van der Waals surface area contributed by atoms with Gasteiger partial charge < -0.3 is 14.5 Å². The average molecular weight is 509 g/mol. The fraction of sp³-hybridized carbons (Fsp3) is 0.241. The van der Waals surface area contributed by atoms with Crippen LogP contribution in [0.15, 0.2) is 77.6 Å². The number of nitrogens with one attached hydrogen (secondary N) is 1. The minimum absolute atomic E-state index is 0.192. The second-order valence-electron chi connectivity index (χ2n) is 9.42. The first-order valence-corrected chi connectivity index (χ1v) is 12.5. The molecule has 0 fully saturated rings. The van der Waals surface area contributed by atoms with E-state index in [9.17, 15) is 4.79 Å². The Kier molecular flexibility index (Phi) is 6.35. The highest BCUT2D eigenvalue weighted by molar-refractivity contribution is 5.83. The highest BCUT2D eigenvalue weighted by Crippen LogP contribution is 2.35. The van der Waals surface area contributed by atoms with Crippen LogP contribution in [0.2, 0.25) is 0 Å². The van der Waals surface area contributed by atoms with Crippen LogP contribution >= 0.6 is 0 Å². The Labute approximate surface area is 219 Å². The predicted octanol–water partition coefficient (Wildman–Crippen LogP) is 3.73. The molecule has 1 aliphatic rings. The average Bonchev–Trinajstić information content (AvgIpc) is 3.40. The number of H-pyrrole nitrogens is 1. The Bertz CT molecular complexity index is 1650. The van der Waals surface area contributed by atoms with Gasteiger partial charge in [-0.2, -0.15) is 0 Å². The Morgan fingerprint density at radius 1 is 0.947 bits per heavy atom. The molecule has 0 unspecified atom stereocenters. The van der Waals surface area contributed by atoms with Crippen molar-refractivity contribution >= 4 is 10.9 Å². The van der Waals surface area contributed by atoms with Gasteiger partial charge in [-0.05, 0) is 45.7 Å². The lowest BCUT2D eigenvalue weighted by atomic mass is 9.96. The van der Waals surface area contributed by atoms with E-state index in [-0.39, 0.29) is 5.56 Å². The zero-order valence-electron chi connectivity index (χ0n) is 21.3. The summed E-state index contributed by atoms with van der Waals surface area (Å²) in [5.74, 6) is 1.77. The summed E-state index contributed by atoms with van der Waals surface area (Å²) in [4.78, 5) is 19.0. The third kappa shape index (κ3) is 4.41. The lowest BCUT2D eigenvalue weighted by molar-refractivity contribution is 0.194. The molecule has 38 heavy (non-hydrogen) atoms. The molecule has 192 valence electrons. The zero-order valence-corrected chi connectivity index (χ0v) is 21.3. The van der Waals surface area contributed by atoms with Gasteiger partial charge in [0.1, 0.15) is 6.04 Å². The maximum atomic E-state index is 13.6. The van der Waals surface area contributed by atoms with E-state index in [1.54, 1.807) is 25.0 Å². The molecule has 0 saturated heterocycles. The first-order chi connectivity index (χ1) is 18.6. The molecule has 0 aliphatic carbocycles. The third-order valence-electron chi connectivity index (χ3n) is 7.18. The van der Waals surface area contributed by atoms with Gasteiger partial charge in [0.2, 0.25) is 0 Å². The van der Waals surface area contributed by atoms with Crippen LogP contribution in [0.1, 0.15) is 34.1 Å². The van der Waals surface area contributed by atoms with Crippen molar-refractivity contribution in [1.29, 1.82) is 0 Å². The minimum atomic E-state index is -0.455.